The van der Waals surface area contributed by atoms with E-state index in [-0.39, 0.29) is 11.9 Å². The molecule has 0 saturated carbocycles. The third-order valence-corrected chi connectivity index (χ3v) is 3.25. The van der Waals surface area contributed by atoms with Crippen LogP contribution >= 0.6 is 0 Å². The maximum Gasteiger partial charge on any atom is 0.224 e. The average Bonchev–Trinajstić information content (AvgIpc) is 2.90. The Bertz CT molecular complexity index is 605. The summed E-state index contributed by atoms with van der Waals surface area (Å²) in [6.45, 7) is 2.30. The summed E-state index contributed by atoms with van der Waals surface area (Å²) in [7, 11) is 1.92. The van der Waals surface area contributed by atoms with Gasteiger partial charge in [0.25, 0.3) is 0 Å². The third kappa shape index (κ3) is 4.89. The number of rotatable bonds is 7. The first-order valence-electron chi connectivity index (χ1n) is 7.29. The lowest BCUT2D eigenvalue weighted by Crippen LogP contribution is -2.19. The molecule has 1 heterocycles. The van der Waals surface area contributed by atoms with E-state index in [0.717, 1.165) is 17.3 Å². The summed E-state index contributed by atoms with van der Waals surface area (Å²) in [6, 6.07) is 7.32. The van der Waals surface area contributed by atoms with Crippen molar-refractivity contribution < 1.29 is 9.53 Å². The van der Waals surface area contributed by atoms with Gasteiger partial charge in [0.1, 0.15) is 18.2 Å². The van der Waals surface area contributed by atoms with E-state index in [1.165, 1.54) is 0 Å². The lowest BCUT2D eigenvalue weighted by molar-refractivity contribution is -0.116. The van der Waals surface area contributed by atoms with Crippen LogP contribution in [0, 0.1) is 0 Å². The highest BCUT2D eigenvalue weighted by Crippen LogP contribution is 2.17. The first-order valence-corrected chi connectivity index (χ1v) is 7.29. The summed E-state index contributed by atoms with van der Waals surface area (Å²) in [4.78, 5) is 15.9. The highest BCUT2D eigenvalue weighted by molar-refractivity contribution is 5.90. The van der Waals surface area contributed by atoms with E-state index >= 15 is 0 Å². The monoisotopic (exact) mass is 302 g/mol. The molecule has 2 rings (SSSR count). The van der Waals surface area contributed by atoms with Gasteiger partial charge in [0.05, 0.1) is 0 Å². The van der Waals surface area contributed by atoms with Gasteiger partial charge in [-0.3, -0.25) is 4.79 Å². The first kappa shape index (κ1) is 16.0. The Morgan fingerprint density at radius 1 is 1.41 bits per heavy atom. The number of imidazole rings is 1. The van der Waals surface area contributed by atoms with Gasteiger partial charge in [-0.25, -0.2) is 4.98 Å². The first-order chi connectivity index (χ1) is 10.5. The Kier molecular flexibility index (Phi) is 5.55. The molecule has 0 aliphatic rings. The van der Waals surface area contributed by atoms with E-state index in [4.69, 9.17) is 10.5 Å². The summed E-state index contributed by atoms with van der Waals surface area (Å²) in [5.41, 5.74) is 6.38. The Morgan fingerprint density at radius 3 is 2.73 bits per heavy atom. The van der Waals surface area contributed by atoms with Crippen LogP contribution in [0.15, 0.2) is 36.7 Å². The lowest BCUT2D eigenvalue weighted by atomic mass is 10.2. The average molecular weight is 302 g/mol. The van der Waals surface area contributed by atoms with Crippen molar-refractivity contribution in [1.29, 1.82) is 0 Å². The van der Waals surface area contributed by atoms with Crippen molar-refractivity contribution in [3.63, 3.8) is 0 Å². The number of hydrogen-bond donors (Lipinski definition) is 2. The number of hydrogen-bond acceptors (Lipinski definition) is 4. The Morgan fingerprint density at radius 2 is 2.14 bits per heavy atom. The van der Waals surface area contributed by atoms with Crippen LogP contribution in [0.1, 0.15) is 25.6 Å². The van der Waals surface area contributed by atoms with Crippen molar-refractivity contribution in [2.24, 2.45) is 12.8 Å². The van der Waals surface area contributed by atoms with Crippen molar-refractivity contribution >= 4 is 11.6 Å². The smallest absolute Gasteiger partial charge is 0.224 e. The second-order valence-corrected chi connectivity index (χ2v) is 5.33. The van der Waals surface area contributed by atoms with E-state index in [9.17, 15) is 4.79 Å². The van der Waals surface area contributed by atoms with E-state index in [0.29, 0.717) is 19.4 Å². The predicted molar refractivity (Wildman–Crippen MR) is 85.5 cm³/mol. The van der Waals surface area contributed by atoms with Gasteiger partial charge in [0.2, 0.25) is 5.91 Å². The Labute approximate surface area is 130 Å². The van der Waals surface area contributed by atoms with Gasteiger partial charge in [-0.05, 0) is 37.6 Å². The zero-order valence-corrected chi connectivity index (χ0v) is 13.0. The number of nitrogens with one attached hydrogen (secondary N) is 1. The van der Waals surface area contributed by atoms with Crippen LogP contribution < -0.4 is 15.8 Å². The normalized spacial score (nSPS) is 12.0. The van der Waals surface area contributed by atoms with Crippen LogP contribution in [0.25, 0.3) is 0 Å². The second-order valence-electron chi connectivity index (χ2n) is 5.33. The number of benzene rings is 1. The fourth-order valence-electron chi connectivity index (χ4n) is 1.90. The van der Waals surface area contributed by atoms with E-state index < -0.39 is 0 Å². The minimum Gasteiger partial charge on any atom is -0.486 e. The van der Waals surface area contributed by atoms with Gasteiger partial charge in [-0.2, -0.15) is 0 Å². The summed E-state index contributed by atoms with van der Waals surface area (Å²) in [6.07, 6.45) is 4.71. The van der Waals surface area contributed by atoms with Crippen LogP contribution in [0.5, 0.6) is 5.75 Å². The van der Waals surface area contributed by atoms with Crippen molar-refractivity contribution in [2.75, 3.05) is 5.32 Å². The molecular weight excluding hydrogens is 280 g/mol. The number of amides is 1. The molecule has 1 aromatic carbocycles. The van der Waals surface area contributed by atoms with E-state index in [1.54, 1.807) is 6.20 Å². The number of aryl methyl sites for hydroxylation is 1. The molecule has 2 aromatic rings. The van der Waals surface area contributed by atoms with Crippen molar-refractivity contribution in [3.05, 3.63) is 42.5 Å². The Balaban J connectivity index is 1.82. The highest BCUT2D eigenvalue weighted by atomic mass is 16.5. The van der Waals surface area contributed by atoms with Gasteiger partial charge < -0.3 is 20.4 Å². The lowest BCUT2D eigenvalue weighted by Gasteiger charge is -2.09. The fraction of sp³-hybridized carbons (Fsp3) is 0.375. The maximum absolute atomic E-state index is 11.7. The van der Waals surface area contributed by atoms with Gasteiger partial charge in [-0.15, -0.1) is 0 Å². The van der Waals surface area contributed by atoms with Gasteiger partial charge in [-0.1, -0.05) is 0 Å². The standard InChI is InChI=1S/C16H22N4O2/c1-12(17)3-8-16(21)19-13-4-6-14(7-5-13)22-11-15-18-9-10-20(15)2/h4-7,9-10,12H,3,8,11,17H2,1-2H3,(H,19,21). The highest BCUT2D eigenvalue weighted by Gasteiger charge is 2.05. The molecule has 3 N–H and O–H groups in total. The molecule has 1 aromatic heterocycles. The molecule has 0 aliphatic carbocycles. The van der Waals surface area contributed by atoms with E-state index in [2.05, 4.69) is 10.3 Å². The summed E-state index contributed by atoms with van der Waals surface area (Å²) in [5, 5.41) is 2.84. The number of aromatic nitrogens is 2. The van der Waals surface area contributed by atoms with Gasteiger partial charge in [0.15, 0.2) is 0 Å². The molecule has 0 aliphatic heterocycles. The van der Waals surface area contributed by atoms with Gasteiger partial charge >= 0.3 is 0 Å². The number of nitrogens with zero attached hydrogens (tertiary/aromatic N) is 2. The Hall–Kier alpha value is -2.34. The minimum absolute atomic E-state index is 0.0287. The molecule has 1 unspecified atom stereocenters. The molecule has 22 heavy (non-hydrogen) atoms. The zero-order valence-electron chi connectivity index (χ0n) is 13.0. The molecule has 0 saturated heterocycles. The summed E-state index contributed by atoms with van der Waals surface area (Å²) >= 11 is 0. The van der Waals surface area contributed by atoms with Crippen LogP contribution in [-0.2, 0) is 18.4 Å². The predicted octanol–water partition coefficient (Wildman–Crippen LogP) is 2.06. The van der Waals surface area contributed by atoms with Crippen molar-refractivity contribution in [1.82, 2.24) is 9.55 Å². The second kappa shape index (κ2) is 7.61. The molecule has 0 radical (unpaired) electrons. The SMILES string of the molecule is CC(N)CCC(=O)Nc1ccc(OCc2nccn2C)cc1. The van der Waals surface area contributed by atoms with Crippen molar-refractivity contribution in [3.8, 4) is 5.75 Å². The molecule has 6 nitrogen and oxygen atoms in total. The molecular formula is C16H22N4O2. The number of nitrogens with two attached hydrogens (primary N) is 1. The number of carbonyl (C=O) groups excluding carboxylic acids is 1. The largest absolute Gasteiger partial charge is 0.486 e. The molecule has 1 amide bonds. The van der Waals surface area contributed by atoms with Crippen molar-refractivity contribution in [2.45, 2.75) is 32.4 Å². The number of carbonyl (C=O) groups is 1. The van der Waals surface area contributed by atoms with Crippen LogP contribution in [0.2, 0.25) is 0 Å². The number of anilines is 1. The molecule has 0 fully saturated rings. The van der Waals surface area contributed by atoms with E-state index in [1.807, 2.05) is 49.0 Å². The fourth-order valence-corrected chi connectivity index (χ4v) is 1.90. The topological polar surface area (TPSA) is 82.2 Å². The molecule has 0 spiro atoms. The molecule has 6 heteroatoms. The van der Waals surface area contributed by atoms with Crippen LogP contribution in [0.4, 0.5) is 5.69 Å². The maximum atomic E-state index is 11.7. The molecule has 118 valence electrons. The van der Waals surface area contributed by atoms with Gasteiger partial charge in [0, 0.05) is 37.6 Å². The molecule has 1 atom stereocenters. The quantitative estimate of drug-likeness (QED) is 0.820. The molecule has 0 bridgehead atoms. The van der Waals surface area contributed by atoms with Crippen LogP contribution in [-0.4, -0.2) is 21.5 Å². The zero-order chi connectivity index (χ0) is 15.9. The summed E-state index contributed by atoms with van der Waals surface area (Å²) < 4.78 is 7.57. The summed E-state index contributed by atoms with van der Waals surface area (Å²) in [5.74, 6) is 1.56. The third-order valence-electron chi connectivity index (χ3n) is 3.25. The van der Waals surface area contributed by atoms with Crippen LogP contribution in [0.3, 0.4) is 0 Å². The minimum atomic E-state index is -0.0287. The number of ether oxygens (including phenoxy) is 1.